The van der Waals surface area contributed by atoms with Crippen LogP contribution in [0, 0.1) is 0 Å². The summed E-state index contributed by atoms with van der Waals surface area (Å²) in [4.78, 5) is 11.0. The molecule has 0 bridgehead atoms. The standard InChI is InChI=1S/C6H5ClOS/c7-5-3-6(1-2-8)9-4-5/h2-4H,1H2. The maximum Gasteiger partial charge on any atom is 0.125 e. The molecule has 0 saturated carbocycles. The van der Waals surface area contributed by atoms with Crippen molar-refractivity contribution in [3.63, 3.8) is 0 Å². The van der Waals surface area contributed by atoms with Crippen molar-refractivity contribution >= 4 is 29.2 Å². The zero-order valence-corrected chi connectivity index (χ0v) is 6.21. The van der Waals surface area contributed by atoms with Gasteiger partial charge in [0.1, 0.15) is 6.29 Å². The molecule has 1 heterocycles. The molecule has 0 aliphatic heterocycles. The average molecular weight is 161 g/mol. The van der Waals surface area contributed by atoms with Gasteiger partial charge in [-0.2, -0.15) is 0 Å². The highest BCUT2D eigenvalue weighted by Gasteiger charge is 1.94. The zero-order chi connectivity index (χ0) is 6.69. The number of carbonyl (C=O) groups excluding carboxylic acids is 1. The van der Waals surface area contributed by atoms with Gasteiger partial charge in [0, 0.05) is 16.7 Å². The fourth-order valence-corrected chi connectivity index (χ4v) is 1.56. The third kappa shape index (κ3) is 1.80. The molecular formula is C6H5ClOS. The molecule has 0 saturated heterocycles. The predicted molar refractivity (Wildman–Crippen MR) is 39.1 cm³/mol. The van der Waals surface area contributed by atoms with Crippen molar-refractivity contribution in [3.8, 4) is 0 Å². The van der Waals surface area contributed by atoms with E-state index in [0.717, 1.165) is 16.2 Å². The third-order valence-electron chi connectivity index (χ3n) is 0.906. The van der Waals surface area contributed by atoms with Crippen molar-refractivity contribution in [1.29, 1.82) is 0 Å². The highest BCUT2D eigenvalue weighted by Crippen LogP contribution is 2.18. The van der Waals surface area contributed by atoms with E-state index in [1.54, 1.807) is 6.07 Å². The summed E-state index contributed by atoms with van der Waals surface area (Å²) in [7, 11) is 0. The molecular weight excluding hydrogens is 156 g/mol. The molecule has 48 valence electrons. The van der Waals surface area contributed by atoms with Gasteiger partial charge >= 0.3 is 0 Å². The first-order chi connectivity index (χ1) is 4.33. The van der Waals surface area contributed by atoms with Crippen LogP contribution in [0.1, 0.15) is 4.88 Å². The third-order valence-corrected chi connectivity index (χ3v) is 2.21. The Balaban J connectivity index is 2.72. The maximum atomic E-state index is 9.95. The average Bonchev–Trinajstić information content (AvgIpc) is 2.17. The van der Waals surface area contributed by atoms with Crippen LogP contribution in [-0.2, 0) is 11.2 Å². The quantitative estimate of drug-likeness (QED) is 0.606. The van der Waals surface area contributed by atoms with E-state index in [-0.39, 0.29) is 0 Å². The number of hydrogen-bond donors (Lipinski definition) is 0. The molecule has 0 amide bonds. The lowest BCUT2D eigenvalue weighted by atomic mass is 10.4. The van der Waals surface area contributed by atoms with Gasteiger partial charge in [-0.05, 0) is 6.07 Å². The minimum absolute atomic E-state index is 0.484. The van der Waals surface area contributed by atoms with E-state index in [9.17, 15) is 4.79 Å². The Morgan fingerprint density at radius 1 is 1.78 bits per heavy atom. The SMILES string of the molecule is O=CCc1cc(Cl)cs1. The minimum Gasteiger partial charge on any atom is -0.303 e. The second-order valence-electron chi connectivity index (χ2n) is 1.60. The van der Waals surface area contributed by atoms with E-state index in [1.165, 1.54) is 11.3 Å². The molecule has 0 radical (unpaired) electrons. The Labute approximate surface area is 62.3 Å². The van der Waals surface area contributed by atoms with Crippen LogP contribution in [0.15, 0.2) is 11.4 Å². The molecule has 0 unspecified atom stereocenters. The Hall–Kier alpha value is -0.340. The molecule has 0 N–H and O–H groups in total. The van der Waals surface area contributed by atoms with E-state index in [2.05, 4.69) is 0 Å². The summed E-state index contributed by atoms with van der Waals surface area (Å²) in [5, 5.41) is 2.54. The van der Waals surface area contributed by atoms with E-state index in [0.29, 0.717) is 6.42 Å². The molecule has 1 nitrogen and oxygen atoms in total. The number of halogens is 1. The van der Waals surface area contributed by atoms with Crippen LogP contribution >= 0.6 is 22.9 Å². The Bertz CT molecular complexity index is 207. The number of thiophene rings is 1. The molecule has 1 aromatic rings. The van der Waals surface area contributed by atoms with Crippen LogP contribution in [0.25, 0.3) is 0 Å². The van der Waals surface area contributed by atoms with Gasteiger partial charge in [0.15, 0.2) is 0 Å². The fraction of sp³-hybridized carbons (Fsp3) is 0.167. The summed E-state index contributed by atoms with van der Waals surface area (Å²) in [5.41, 5.74) is 0. The first-order valence-corrected chi connectivity index (χ1v) is 3.75. The van der Waals surface area contributed by atoms with Gasteiger partial charge in [-0.3, -0.25) is 0 Å². The summed E-state index contributed by atoms with van der Waals surface area (Å²) >= 11 is 7.10. The van der Waals surface area contributed by atoms with Gasteiger partial charge in [0.25, 0.3) is 0 Å². The van der Waals surface area contributed by atoms with Gasteiger partial charge in [-0.15, -0.1) is 11.3 Å². The molecule has 0 aliphatic carbocycles. The van der Waals surface area contributed by atoms with Crippen LogP contribution < -0.4 is 0 Å². The second-order valence-corrected chi connectivity index (χ2v) is 3.03. The largest absolute Gasteiger partial charge is 0.303 e. The molecule has 3 heteroatoms. The van der Waals surface area contributed by atoms with Crippen molar-refractivity contribution in [2.24, 2.45) is 0 Å². The summed E-state index contributed by atoms with van der Waals surface area (Å²) in [6.45, 7) is 0. The van der Waals surface area contributed by atoms with E-state index in [1.807, 2.05) is 5.38 Å². The first kappa shape index (κ1) is 6.78. The summed E-state index contributed by atoms with van der Waals surface area (Å²) in [6, 6.07) is 1.81. The molecule has 0 aliphatic rings. The van der Waals surface area contributed by atoms with Crippen LogP contribution in [-0.4, -0.2) is 6.29 Å². The molecule has 0 aromatic carbocycles. The predicted octanol–water partition coefficient (Wildman–Crippen LogP) is 2.14. The molecule has 0 fully saturated rings. The number of carbonyl (C=O) groups is 1. The Morgan fingerprint density at radius 3 is 3.00 bits per heavy atom. The highest BCUT2D eigenvalue weighted by atomic mass is 35.5. The van der Waals surface area contributed by atoms with Gasteiger partial charge in [0.05, 0.1) is 5.02 Å². The monoisotopic (exact) mass is 160 g/mol. The van der Waals surface area contributed by atoms with Gasteiger partial charge < -0.3 is 4.79 Å². The van der Waals surface area contributed by atoms with Crippen molar-refractivity contribution in [1.82, 2.24) is 0 Å². The van der Waals surface area contributed by atoms with E-state index < -0.39 is 0 Å². The van der Waals surface area contributed by atoms with Crippen molar-refractivity contribution in [2.75, 3.05) is 0 Å². The number of hydrogen-bond acceptors (Lipinski definition) is 2. The van der Waals surface area contributed by atoms with Crippen molar-refractivity contribution in [2.45, 2.75) is 6.42 Å². The summed E-state index contributed by atoms with van der Waals surface area (Å²) in [5.74, 6) is 0. The van der Waals surface area contributed by atoms with Gasteiger partial charge in [-0.1, -0.05) is 11.6 Å². The van der Waals surface area contributed by atoms with Gasteiger partial charge in [-0.25, -0.2) is 0 Å². The second kappa shape index (κ2) is 2.99. The highest BCUT2D eigenvalue weighted by molar-refractivity contribution is 7.10. The van der Waals surface area contributed by atoms with Crippen molar-refractivity contribution in [3.05, 3.63) is 21.3 Å². The summed E-state index contributed by atoms with van der Waals surface area (Å²) in [6.07, 6.45) is 1.36. The fourth-order valence-electron chi connectivity index (χ4n) is 0.543. The Morgan fingerprint density at radius 2 is 2.56 bits per heavy atom. The smallest absolute Gasteiger partial charge is 0.125 e. The van der Waals surface area contributed by atoms with E-state index in [4.69, 9.17) is 11.6 Å². The molecule has 0 spiro atoms. The lowest BCUT2D eigenvalue weighted by Gasteiger charge is -1.78. The maximum absolute atomic E-state index is 9.95. The lowest BCUT2D eigenvalue weighted by Crippen LogP contribution is -1.76. The normalized spacial score (nSPS) is 9.44. The number of rotatable bonds is 2. The first-order valence-electron chi connectivity index (χ1n) is 2.49. The lowest BCUT2D eigenvalue weighted by molar-refractivity contribution is -0.107. The van der Waals surface area contributed by atoms with E-state index >= 15 is 0 Å². The van der Waals surface area contributed by atoms with Crippen LogP contribution in [0.2, 0.25) is 5.02 Å². The zero-order valence-electron chi connectivity index (χ0n) is 4.63. The molecule has 9 heavy (non-hydrogen) atoms. The van der Waals surface area contributed by atoms with Crippen LogP contribution in [0.3, 0.4) is 0 Å². The topological polar surface area (TPSA) is 17.1 Å². The van der Waals surface area contributed by atoms with Crippen LogP contribution in [0.5, 0.6) is 0 Å². The minimum atomic E-state index is 0.484. The summed E-state index contributed by atoms with van der Waals surface area (Å²) < 4.78 is 0. The van der Waals surface area contributed by atoms with Crippen LogP contribution in [0.4, 0.5) is 0 Å². The van der Waals surface area contributed by atoms with Crippen molar-refractivity contribution < 1.29 is 4.79 Å². The number of aldehydes is 1. The van der Waals surface area contributed by atoms with Gasteiger partial charge in [0.2, 0.25) is 0 Å². The molecule has 1 rings (SSSR count). The molecule has 1 aromatic heterocycles. The Kier molecular flexibility index (Phi) is 2.25. The molecule has 0 atom stereocenters.